The van der Waals surface area contributed by atoms with Crippen LogP contribution in [0, 0.1) is 0 Å². The van der Waals surface area contributed by atoms with Gasteiger partial charge in [0, 0.05) is 6.42 Å². The predicted octanol–water partition coefficient (Wildman–Crippen LogP) is 1.97. The SMILES string of the molecule is O=C1CC2COCC(C1Cl)N2C(=O)OCc1ccccc1. The molecule has 2 fully saturated rings. The Balaban J connectivity index is 1.67. The van der Waals surface area contributed by atoms with Gasteiger partial charge in [0.2, 0.25) is 0 Å². The van der Waals surface area contributed by atoms with Crippen molar-refractivity contribution < 1.29 is 19.1 Å². The molecule has 0 aromatic heterocycles. The Labute approximate surface area is 127 Å². The van der Waals surface area contributed by atoms with Gasteiger partial charge >= 0.3 is 6.09 Å². The molecule has 0 saturated carbocycles. The fourth-order valence-corrected chi connectivity index (χ4v) is 3.06. The van der Waals surface area contributed by atoms with Crippen LogP contribution in [0.1, 0.15) is 12.0 Å². The lowest BCUT2D eigenvalue weighted by atomic mass is 9.93. The Morgan fingerprint density at radius 3 is 2.86 bits per heavy atom. The van der Waals surface area contributed by atoms with Crippen LogP contribution in [0.4, 0.5) is 4.79 Å². The lowest BCUT2D eigenvalue weighted by Gasteiger charge is -2.46. The maximum atomic E-state index is 12.3. The van der Waals surface area contributed by atoms with Crippen molar-refractivity contribution in [2.45, 2.75) is 30.5 Å². The molecular weight excluding hydrogens is 294 g/mol. The number of carbonyl (C=O) groups is 2. The van der Waals surface area contributed by atoms with E-state index in [9.17, 15) is 9.59 Å². The van der Waals surface area contributed by atoms with Gasteiger partial charge < -0.3 is 9.47 Å². The minimum Gasteiger partial charge on any atom is -0.445 e. The third-order valence-corrected chi connectivity index (χ3v) is 4.38. The second-order valence-corrected chi connectivity index (χ2v) is 5.75. The summed E-state index contributed by atoms with van der Waals surface area (Å²) in [6.07, 6.45) is -0.208. The van der Waals surface area contributed by atoms with E-state index in [4.69, 9.17) is 21.1 Å². The van der Waals surface area contributed by atoms with E-state index in [1.807, 2.05) is 30.3 Å². The molecule has 2 saturated heterocycles. The summed E-state index contributed by atoms with van der Waals surface area (Å²) in [5, 5.41) is -0.717. The minimum absolute atomic E-state index is 0.0259. The summed E-state index contributed by atoms with van der Waals surface area (Å²) in [5.41, 5.74) is 0.919. The third-order valence-electron chi connectivity index (χ3n) is 3.85. The lowest BCUT2D eigenvalue weighted by molar-refractivity contribution is -0.132. The maximum Gasteiger partial charge on any atom is 0.410 e. The molecule has 2 aliphatic heterocycles. The highest BCUT2D eigenvalue weighted by Gasteiger charge is 2.47. The van der Waals surface area contributed by atoms with Gasteiger partial charge in [-0.15, -0.1) is 11.6 Å². The average Bonchev–Trinajstić information content (AvgIpc) is 2.51. The number of Topliss-reactive ketones (excluding diaryl/α,β-unsaturated/α-hetero) is 1. The van der Waals surface area contributed by atoms with Gasteiger partial charge in [0.05, 0.1) is 25.3 Å². The molecule has 1 aromatic carbocycles. The van der Waals surface area contributed by atoms with Crippen molar-refractivity contribution in [2.24, 2.45) is 0 Å². The van der Waals surface area contributed by atoms with E-state index < -0.39 is 17.5 Å². The quantitative estimate of drug-likeness (QED) is 0.784. The van der Waals surface area contributed by atoms with Gasteiger partial charge in [0.1, 0.15) is 12.0 Å². The van der Waals surface area contributed by atoms with Crippen molar-refractivity contribution in [3.63, 3.8) is 0 Å². The number of morpholine rings is 1. The van der Waals surface area contributed by atoms with Crippen molar-refractivity contribution in [3.8, 4) is 0 Å². The van der Waals surface area contributed by atoms with E-state index in [0.29, 0.717) is 6.61 Å². The summed E-state index contributed by atoms with van der Waals surface area (Å²) in [4.78, 5) is 25.7. The summed E-state index contributed by atoms with van der Waals surface area (Å²) in [7, 11) is 0. The first-order valence-corrected chi connectivity index (χ1v) is 7.34. The van der Waals surface area contributed by atoms with Gasteiger partial charge in [-0.2, -0.15) is 0 Å². The summed E-state index contributed by atoms with van der Waals surface area (Å²) < 4.78 is 10.8. The van der Waals surface area contributed by atoms with Crippen LogP contribution >= 0.6 is 11.6 Å². The number of nitrogens with zero attached hydrogens (tertiary/aromatic N) is 1. The normalized spacial score (nSPS) is 28.3. The van der Waals surface area contributed by atoms with E-state index in [-0.39, 0.29) is 31.5 Å². The fraction of sp³-hybridized carbons (Fsp3) is 0.467. The molecule has 1 amide bonds. The van der Waals surface area contributed by atoms with Crippen molar-refractivity contribution in [3.05, 3.63) is 35.9 Å². The monoisotopic (exact) mass is 309 g/mol. The molecule has 3 rings (SSSR count). The molecule has 2 bridgehead atoms. The molecule has 6 heteroatoms. The highest BCUT2D eigenvalue weighted by Crippen LogP contribution is 2.29. The third kappa shape index (κ3) is 2.89. The number of carbonyl (C=O) groups excluding carboxylic acids is 2. The zero-order valence-corrected chi connectivity index (χ0v) is 12.2. The van der Waals surface area contributed by atoms with Crippen molar-refractivity contribution >= 4 is 23.5 Å². The molecule has 0 aliphatic carbocycles. The first kappa shape index (κ1) is 14.4. The van der Waals surface area contributed by atoms with Crippen molar-refractivity contribution in [1.82, 2.24) is 4.90 Å². The van der Waals surface area contributed by atoms with Gasteiger partial charge in [0.25, 0.3) is 0 Å². The predicted molar refractivity (Wildman–Crippen MR) is 76.1 cm³/mol. The Morgan fingerprint density at radius 1 is 1.33 bits per heavy atom. The molecule has 0 radical (unpaired) electrons. The van der Waals surface area contributed by atoms with Gasteiger partial charge in [0.15, 0.2) is 5.78 Å². The number of amides is 1. The minimum atomic E-state index is -0.717. The fourth-order valence-electron chi connectivity index (χ4n) is 2.78. The topological polar surface area (TPSA) is 55.8 Å². The van der Waals surface area contributed by atoms with Gasteiger partial charge in [-0.05, 0) is 5.56 Å². The molecule has 0 N–H and O–H groups in total. The summed E-state index contributed by atoms with van der Waals surface area (Å²) >= 11 is 6.11. The smallest absolute Gasteiger partial charge is 0.410 e. The van der Waals surface area contributed by atoms with E-state index >= 15 is 0 Å². The Bertz CT molecular complexity index is 536. The molecule has 3 atom stereocenters. The van der Waals surface area contributed by atoms with E-state index in [2.05, 4.69) is 0 Å². The zero-order chi connectivity index (χ0) is 14.8. The second-order valence-electron chi connectivity index (χ2n) is 5.28. The standard InChI is InChI=1S/C15H16ClNO4/c16-14-12-9-20-8-11(6-13(14)18)17(12)15(19)21-7-10-4-2-1-3-5-10/h1-5,11-12,14H,6-9H2. The summed E-state index contributed by atoms with van der Waals surface area (Å²) in [6.45, 7) is 0.834. The molecule has 5 nitrogen and oxygen atoms in total. The number of ether oxygens (including phenoxy) is 2. The van der Waals surface area contributed by atoms with Crippen LogP contribution in [0.3, 0.4) is 0 Å². The maximum absolute atomic E-state index is 12.3. The molecular formula is C15H16ClNO4. The first-order chi connectivity index (χ1) is 10.2. The molecule has 1 aromatic rings. The van der Waals surface area contributed by atoms with Crippen LogP contribution in [-0.4, -0.2) is 47.5 Å². The number of alkyl halides is 1. The number of benzene rings is 1. The largest absolute Gasteiger partial charge is 0.445 e. The van der Waals surface area contributed by atoms with Crippen LogP contribution < -0.4 is 0 Å². The Kier molecular flexibility index (Phi) is 4.12. The Hall–Kier alpha value is -1.59. The second kappa shape index (κ2) is 6.03. The number of ketones is 1. The highest BCUT2D eigenvalue weighted by atomic mass is 35.5. The Morgan fingerprint density at radius 2 is 2.10 bits per heavy atom. The van der Waals surface area contributed by atoms with Crippen LogP contribution in [0.15, 0.2) is 30.3 Å². The van der Waals surface area contributed by atoms with Crippen molar-refractivity contribution in [1.29, 1.82) is 0 Å². The molecule has 2 aliphatic rings. The zero-order valence-electron chi connectivity index (χ0n) is 11.4. The van der Waals surface area contributed by atoms with E-state index in [1.54, 1.807) is 4.90 Å². The molecule has 112 valence electrons. The van der Waals surface area contributed by atoms with Crippen LogP contribution in [0.5, 0.6) is 0 Å². The summed E-state index contributed by atoms with van der Waals surface area (Å²) in [5.74, 6) is -0.0259. The van der Waals surface area contributed by atoms with Crippen LogP contribution in [-0.2, 0) is 20.9 Å². The number of piperidine rings is 1. The number of rotatable bonds is 2. The number of hydrogen-bond donors (Lipinski definition) is 0. The molecule has 21 heavy (non-hydrogen) atoms. The van der Waals surface area contributed by atoms with Crippen LogP contribution in [0.2, 0.25) is 0 Å². The van der Waals surface area contributed by atoms with Crippen LogP contribution in [0.25, 0.3) is 0 Å². The molecule has 3 unspecified atom stereocenters. The summed E-state index contributed by atoms with van der Waals surface area (Å²) in [6, 6.07) is 8.76. The van der Waals surface area contributed by atoms with E-state index in [0.717, 1.165) is 5.56 Å². The number of hydrogen-bond acceptors (Lipinski definition) is 4. The van der Waals surface area contributed by atoms with Crippen molar-refractivity contribution in [2.75, 3.05) is 13.2 Å². The highest BCUT2D eigenvalue weighted by molar-refractivity contribution is 6.32. The van der Waals surface area contributed by atoms with E-state index in [1.165, 1.54) is 0 Å². The first-order valence-electron chi connectivity index (χ1n) is 6.90. The molecule has 2 heterocycles. The lowest BCUT2D eigenvalue weighted by Crippen LogP contribution is -2.64. The number of halogens is 1. The average molecular weight is 310 g/mol. The number of fused-ring (bicyclic) bond motifs is 2. The van der Waals surface area contributed by atoms with Gasteiger partial charge in [-0.1, -0.05) is 30.3 Å². The van der Waals surface area contributed by atoms with Gasteiger partial charge in [-0.25, -0.2) is 4.79 Å². The van der Waals surface area contributed by atoms with Gasteiger partial charge in [-0.3, -0.25) is 9.69 Å². The molecule has 0 spiro atoms.